The molecule has 1 amide bonds. The number of pyridine rings is 1. The van der Waals surface area contributed by atoms with E-state index in [1.807, 2.05) is 18.2 Å². The molecule has 20 heavy (non-hydrogen) atoms. The van der Waals surface area contributed by atoms with Crippen LogP contribution in [0.3, 0.4) is 0 Å². The molecule has 1 aliphatic rings. The highest BCUT2D eigenvalue weighted by molar-refractivity contribution is 5.99. The molecule has 2 heterocycles. The number of methoxy groups -OCH3 is 1. The number of fused-ring (bicyclic) bond motifs is 1. The van der Waals surface area contributed by atoms with Crippen molar-refractivity contribution in [1.29, 1.82) is 5.26 Å². The summed E-state index contributed by atoms with van der Waals surface area (Å²) in [6.07, 6.45) is 1.91. The van der Waals surface area contributed by atoms with Crippen molar-refractivity contribution in [3.05, 3.63) is 41.6 Å². The highest BCUT2D eigenvalue weighted by Crippen LogP contribution is 2.29. The number of benzene rings is 1. The molecule has 2 aromatic rings. The van der Waals surface area contributed by atoms with E-state index in [9.17, 15) is 4.79 Å². The van der Waals surface area contributed by atoms with Crippen molar-refractivity contribution >= 4 is 11.6 Å². The first-order valence-corrected chi connectivity index (χ1v) is 6.08. The minimum absolute atomic E-state index is 0.00226. The second kappa shape index (κ2) is 4.67. The lowest BCUT2D eigenvalue weighted by Crippen LogP contribution is -2.03. The molecule has 0 bridgehead atoms. The van der Waals surface area contributed by atoms with E-state index in [1.54, 1.807) is 6.07 Å². The summed E-state index contributed by atoms with van der Waals surface area (Å²) in [4.78, 5) is 15.6. The van der Waals surface area contributed by atoms with Crippen LogP contribution in [-0.2, 0) is 11.2 Å². The monoisotopic (exact) mass is 265 g/mol. The quantitative estimate of drug-likeness (QED) is 0.902. The largest absolute Gasteiger partial charge is 0.494 e. The molecule has 1 aliphatic heterocycles. The molecule has 0 atom stereocenters. The topological polar surface area (TPSA) is 75.0 Å². The van der Waals surface area contributed by atoms with Crippen LogP contribution in [0.5, 0.6) is 5.75 Å². The fraction of sp³-hybridized carbons (Fsp3) is 0.133. The fourth-order valence-electron chi connectivity index (χ4n) is 2.24. The molecule has 0 saturated carbocycles. The normalized spacial score (nSPS) is 12.5. The van der Waals surface area contributed by atoms with Gasteiger partial charge >= 0.3 is 0 Å². The van der Waals surface area contributed by atoms with E-state index < -0.39 is 0 Å². The Bertz CT molecular complexity index is 747. The molecule has 0 aliphatic carbocycles. The number of amides is 1. The Balaban J connectivity index is 2.04. The van der Waals surface area contributed by atoms with Gasteiger partial charge in [0.05, 0.1) is 31.0 Å². The third-order valence-electron chi connectivity index (χ3n) is 3.23. The van der Waals surface area contributed by atoms with Crippen LogP contribution in [0, 0.1) is 11.3 Å². The van der Waals surface area contributed by atoms with Crippen molar-refractivity contribution in [2.24, 2.45) is 0 Å². The van der Waals surface area contributed by atoms with E-state index >= 15 is 0 Å². The molecule has 98 valence electrons. The Labute approximate surface area is 115 Å². The summed E-state index contributed by atoms with van der Waals surface area (Å²) >= 11 is 0. The van der Waals surface area contributed by atoms with Crippen LogP contribution in [-0.4, -0.2) is 18.0 Å². The summed E-state index contributed by atoms with van der Waals surface area (Å²) in [6.45, 7) is 0. The molecular weight excluding hydrogens is 254 g/mol. The van der Waals surface area contributed by atoms with E-state index in [2.05, 4.69) is 16.4 Å². The van der Waals surface area contributed by atoms with Crippen molar-refractivity contribution in [3.63, 3.8) is 0 Å². The van der Waals surface area contributed by atoms with Gasteiger partial charge in [-0.05, 0) is 23.8 Å². The van der Waals surface area contributed by atoms with Crippen LogP contribution in [0.25, 0.3) is 11.3 Å². The number of aromatic nitrogens is 1. The SMILES string of the molecule is COc1cnc(-c2ccc3c(c2)CC(=O)N3)cc1C#N. The molecule has 5 nitrogen and oxygen atoms in total. The average molecular weight is 265 g/mol. The third-order valence-corrected chi connectivity index (χ3v) is 3.23. The zero-order valence-corrected chi connectivity index (χ0v) is 10.8. The number of nitrogens with zero attached hydrogens (tertiary/aromatic N) is 2. The Morgan fingerprint density at radius 1 is 1.40 bits per heavy atom. The summed E-state index contributed by atoms with van der Waals surface area (Å²) in [5, 5.41) is 11.9. The number of hydrogen-bond donors (Lipinski definition) is 1. The van der Waals surface area contributed by atoms with Crippen LogP contribution >= 0.6 is 0 Å². The fourth-order valence-corrected chi connectivity index (χ4v) is 2.24. The van der Waals surface area contributed by atoms with Gasteiger partial charge in [0.25, 0.3) is 0 Å². The van der Waals surface area contributed by atoms with Gasteiger partial charge in [0.15, 0.2) is 5.75 Å². The first kappa shape index (κ1) is 12.2. The van der Waals surface area contributed by atoms with Crippen LogP contribution in [0.2, 0.25) is 0 Å². The maximum atomic E-state index is 11.3. The second-order valence-corrected chi connectivity index (χ2v) is 4.48. The third kappa shape index (κ3) is 1.97. The maximum Gasteiger partial charge on any atom is 0.228 e. The van der Waals surface area contributed by atoms with Gasteiger partial charge in [0.2, 0.25) is 5.91 Å². The molecule has 0 saturated heterocycles. The number of ether oxygens (including phenoxy) is 1. The predicted octanol–water partition coefficient (Wildman–Crippen LogP) is 2.12. The highest BCUT2D eigenvalue weighted by Gasteiger charge is 2.18. The lowest BCUT2D eigenvalue weighted by Gasteiger charge is -2.06. The van der Waals surface area contributed by atoms with Gasteiger partial charge in [-0.3, -0.25) is 9.78 Å². The smallest absolute Gasteiger partial charge is 0.228 e. The Hall–Kier alpha value is -2.87. The molecule has 1 N–H and O–H groups in total. The van der Waals surface area contributed by atoms with Gasteiger partial charge < -0.3 is 10.1 Å². The van der Waals surface area contributed by atoms with Crippen LogP contribution < -0.4 is 10.1 Å². The van der Waals surface area contributed by atoms with Crippen molar-refractivity contribution in [2.75, 3.05) is 12.4 Å². The molecule has 1 aromatic heterocycles. The minimum atomic E-state index is -0.00226. The average Bonchev–Trinajstić information content (AvgIpc) is 2.85. The number of rotatable bonds is 2. The van der Waals surface area contributed by atoms with Gasteiger partial charge in [0.1, 0.15) is 6.07 Å². The molecular formula is C15H11N3O2. The molecule has 1 aromatic carbocycles. The Morgan fingerprint density at radius 3 is 3.00 bits per heavy atom. The number of nitrogens with one attached hydrogen (secondary N) is 1. The number of nitriles is 1. The zero-order chi connectivity index (χ0) is 14.1. The highest BCUT2D eigenvalue weighted by atomic mass is 16.5. The second-order valence-electron chi connectivity index (χ2n) is 4.48. The maximum absolute atomic E-state index is 11.3. The number of carbonyl (C=O) groups is 1. The van der Waals surface area contributed by atoms with Gasteiger partial charge in [-0.15, -0.1) is 0 Å². The van der Waals surface area contributed by atoms with Crippen LogP contribution in [0.4, 0.5) is 5.69 Å². The van der Waals surface area contributed by atoms with E-state index in [-0.39, 0.29) is 5.91 Å². The number of anilines is 1. The van der Waals surface area contributed by atoms with Crippen molar-refractivity contribution in [2.45, 2.75) is 6.42 Å². The lowest BCUT2D eigenvalue weighted by molar-refractivity contribution is -0.115. The zero-order valence-electron chi connectivity index (χ0n) is 10.8. The minimum Gasteiger partial charge on any atom is -0.494 e. The van der Waals surface area contributed by atoms with Crippen molar-refractivity contribution in [3.8, 4) is 23.1 Å². The van der Waals surface area contributed by atoms with Gasteiger partial charge in [-0.2, -0.15) is 5.26 Å². The number of carbonyl (C=O) groups excluding carboxylic acids is 1. The lowest BCUT2D eigenvalue weighted by atomic mass is 10.0. The van der Waals surface area contributed by atoms with Gasteiger partial charge in [-0.1, -0.05) is 6.07 Å². The molecule has 0 fully saturated rings. The summed E-state index contributed by atoms with van der Waals surface area (Å²) in [5.74, 6) is 0.451. The predicted molar refractivity (Wildman–Crippen MR) is 73.3 cm³/mol. The summed E-state index contributed by atoms with van der Waals surface area (Å²) in [7, 11) is 1.50. The van der Waals surface area contributed by atoms with E-state index in [1.165, 1.54) is 13.3 Å². The summed E-state index contributed by atoms with van der Waals surface area (Å²) in [6, 6.07) is 9.42. The Morgan fingerprint density at radius 2 is 2.25 bits per heavy atom. The summed E-state index contributed by atoms with van der Waals surface area (Å²) < 4.78 is 5.08. The van der Waals surface area contributed by atoms with E-state index in [0.29, 0.717) is 23.4 Å². The molecule has 5 heteroatoms. The Kier molecular flexibility index (Phi) is 2.84. The standard InChI is InChI=1S/C15H11N3O2/c1-20-14-8-17-13(5-11(14)7-16)9-2-3-12-10(4-9)6-15(19)18-12/h2-5,8H,6H2,1H3,(H,18,19). The van der Waals surface area contributed by atoms with Crippen molar-refractivity contribution in [1.82, 2.24) is 4.98 Å². The molecule has 0 radical (unpaired) electrons. The first-order chi connectivity index (χ1) is 9.71. The van der Waals surface area contributed by atoms with Crippen LogP contribution in [0.15, 0.2) is 30.5 Å². The summed E-state index contributed by atoms with van der Waals surface area (Å²) in [5.41, 5.74) is 3.78. The van der Waals surface area contributed by atoms with Crippen molar-refractivity contribution < 1.29 is 9.53 Å². The molecule has 0 spiro atoms. The van der Waals surface area contributed by atoms with E-state index in [0.717, 1.165) is 16.8 Å². The van der Waals surface area contributed by atoms with E-state index in [4.69, 9.17) is 10.00 Å². The van der Waals surface area contributed by atoms with Gasteiger partial charge in [-0.25, -0.2) is 0 Å². The first-order valence-electron chi connectivity index (χ1n) is 6.08. The van der Waals surface area contributed by atoms with Gasteiger partial charge in [0, 0.05) is 11.3 Å². The van der Waals surface area contributed by atoms with Crippen LogP contribution in [0.1, 0.15) is 11.1 Å². The number of hydrogen-bond acceptors (Lipinski definition) is 4. The molecule has 3 rings (SSSR count). The molecule has 0 unspecified atom stereocenters.